The Morgan fingerprint density at radius 2 is 0.844 bits per heavy atom. The molecule has 14 heteroatoms. The highest BCUT2D eigenvalue weighted by molar-refractivity contribution is 9.09. The zero-order chi connectivity index (χ0) is 25.3. The molecule has 0 radical (unpaired) electrons. The number of halogens is 6. The Balaban J connectivity index is 0. The third-order valence-electron chi connectivity index (χ3n) is 3.72. The molecule has 32 heavy (non-hydrogen) atoms. The predicted octanol–water partition coefficient (Wildman–Crippen LogP) is 8.82. The first-order valence-electron chi connectivity index (χ1n) is 10.5. The highest BCUT2D eigenvalue weighted by atomic mass is 79.9. The largest absolute Gasteiger partial charge is 0.399 e. The summed E-state index contributed by atoms with van der Waals surface area (Å²) in [6.07, 6.45) is 0.818. The lowest BCUT2D eigenvalue weighted by molar-refractivity contribution is 0.0299. The summed E-state index contributed by atoms with van der Waals surface area (Å²) >= 11 is 6.31. The van der Waals surface area contributed by atoms with E-state index in [1.54, 1.807) is 0 Å². The maximum Gasteiger partial charge on any atom is 0.399 e. The average Bonchev–Trinajstić information content (AvgIpc) is 2.69. The molecule has 6 nitrogen and oxygen atoms in total. The first-order valence-corrected chi connectivity index (χ1v) is 15.9. The summed E-state index contributed by atoms with van der Waals surface area (Å²) in [5, 5.41) is 1.30. The molecule has 0 aromatic heterocycles. The number of hydrogen-bond donors (Lipinski definition) is 0. The quantitative estimate of drug-likeness (QED) is 0.0642. The fourth-order valence-electron chi connectivity index (χ4n) is 2.27. The lowest BCUT2D eigenvalue weighted by atomic mass is 10.3. The molecule has 0 aromatic carbocycles. The average molecular weight is 646 g/mol. The molecular weight excluding hydrogens is 610 g/mol. The van der Waals surface area contributed by atoms with Crippen LogP contribution in [0, 0.1) is 0 Å². The Labute approximate surface area is 206 Å². The molecule has 0 N–H and O–H groups in total. The molecule has 0 spiro atoms. The van der Waals surface area contributed by atoms with Gasteiger partial charge in [-0.2, -0.15) is 17.6 Å². The summed E-state index contributed by atoms with van der Waals surface area (Å²) in [5.41, 5.74) is -6.80. The second-order valence-electron chi connectivity index (χ2n) is 6.29. The van der Waals surface area contributed by atoms with Crippen molar-refractivity contribution in [3.8, 4) is 0 Å². The van der Waals surface area contributed by atoms with Crippen molar-refractivity contribution in [1.82, 2.24) is 0 Å². The van der Waals surface area contributed by atoms with Crippen LogP contribution in [-0.2, 0) is 27.2 Å². The van der Waals surface area contributed by atoms with Crippen LogP contribution in [0.2, 0.25) is 0 Å². The maximum absolute atomic E-state index is 13.6. The van der Waals surface area contributed by atoms with Crippen LogP contribution in [-0.4, -0.2) is 48.4 Å². The summed E-state index contributed by atoms with van der Waals surface area (Å²) in [7, 11) is -8.62. The Hall–Kier alpha value is 0.980. The summed E-state index contributed by atoms with van der Waals surface area (Å²) in [6, 6.07) is 0. The van der Waals surface area contributed by atoms with Gasteiger partial charge in [-0.1, -0.05) is 31.9 Å². The molecular formula is C18H36Br2F4O6P2. The van der Waals surface area contributed by atoms with E-state index < -0.39 is 39.4 Å². The van der Waals surface area contributed by atoms with Gasteiger partial charge in [0, 0.05) is 23.5 Å². The molecule has 0 atom stereocenters. The van der Waals surface area contributed by atoms with Crippen LogP contribution in [0.5, 0.6) is 0 Å². The third-order valence-corrected chi connectivity index (χ3v) is 9.28. The summed E-state index contributed by atoms with van der Waals surface area (Å²) < 4.78 is 96.8. The second kappa shape index (κ2) is 18.3. The van der Waals surface area contributed by atoms with Crippen LogP contribution in [0.4, 0.5) is 17.6 Å². The molecule has 0 fully saturated rings. The van der Waals surface area contributed by atoms with Crippen LogP contribution < -0.4 is 0 Å². The molecule has 0 heterocycles. The van der Waals surface area contributed by atoms with Crippen molar-refractivity contribution in [3.63, 3.8) is 0 Å². The van der Waals surface area contributed by atoms with Gasteiger partial charge < -0.3 is 18.1 Å². The van der Waals surface area contributed by atoms with Crippen molar-refractivity contribution < 1.29 is 44.8 Å². The molecule has 0 saturated heterocycles. The number of alkyl halides is 6. The van der Waals surface area contributed by atoms with Crippen LogP contribution in [0.15, 0.2) is 0 Å². The van der Waals surface area contributed by atoms with Gasteiger partial charge in [0.15, 0.2) is 0 Å². The monoisotopic (exact) mass is 644 g/mol. The minimum absolute atomic E-state index is 0.0503. The smallest absolute Gasteiger partial charge is 0.305 e. The van der Waals surface area contributed by atoms with Crippen LogP contribution >= 0.6 is 47.1 Å². The van der Waals surface area contributed by atoms with Crippen molar-refractivity contribution in [3.05, 3.63) is 0 Å². The van der Waals surface area contributed by atoms with E-state index in [0.717, 1.165) is 0 Å². The van der Waals surface area contributed by atoms with Crippen molar-refractivity contribution in [1.29, 1.82) is 0 Å². The van der Waals surface area contributed by atoms with E-state index in [-0.39, 0.29) is 39.3 Å². The lowest BCUT2D eigenvalue weighted by Crippen LogP contribution is -2.20. The van der Waals surface area contributed by atoms with E-state index in [2.05, 4.69) is 50.0 Å². The normalized spacial score (nSPS) is 13.1. The molecule has 0 rings (SSSR count). The van der Waals surface area contributed by atoms with Gasteiger partial charge in [-0.3, -0.25) is 9.13 Å². The van der Waals surface area contributed by atoms with Crippen molar-refractivity contribution in [2.75, 3.05) is 37.1 Å². The van der Waals surface area contributed by atoms with E-state index in [0.29, 0.717) is 23.5 Å². The van der Waals surface area contributed by atoms with E-state index in [9.17, 15) is 26.7 Å². The lowest BCUT2D eigenvalue weighted by Gasteiger charge is -2.25. The van der Waals surface area contributed by atoms with E-state index >= 15 is 0 Å². The van der Waals surface area contributed by atoms with Gasteiger partial charge in [0.1, 0.15) is 0 Å². The molecule has 0 saturated carbocycles. The topological polar surface area (TPSA) is 71.1 Å². The Morgan fingerprint density at radius 3 is 1.03 bits per heavy atom. The molecule has 0 aromatic rings. The molecule has 0 aliphatic rings. The Bertz CT molecular complexity index is 506. The van der Waals surface area contributed by atoms with Crippen molar-refractivity contribution >= 4 is 47.1 Å². The first-order chi connectivity index (χ1) is 14.9. The zero-order valence-electron chi connectivity index (χ0n) is 19.1. The second-order valence-corrected chi connectivity index (χ2v) is 12.2. The van der Waals surface area contributed by atoms with E-state index in [1.807, 2.05) is 0 Å². The standard InChI is InChI=1S/2C9H18BrF2O3P/c2*1-3-14-16(13,15-4-2)9(11,12)7-5-6-8-10/h2*3-8H2,1-2H3. The molecule has 0 aliphatic heterocycles. The molecule has 0 bridgehead atoms. The third kappa shape index (κ3) is 12.6. The molecule has 0 aliphatic carbocycles. The van der Waals surface area contributed by atoms with Gasteiger partial charge in [0.25, 0.3) is 0 Å². The van der Waals surface area contributed by atoms with Crippen molar-refractivity contribution in [2.45, 2.75) is 77.5 Å². The SMILES string of the molecule is CCOP(=O)(OCC)C(F)(F)CCCCBr.CCOP(=O)(OCC)C(F)(F)CCCCBr. The number of unbranched alkanes of at least 4 members (excludes halogenated alkanes) is 2. The van der Waals surface area contributed by atoms with Crippen LogP contribution in [0.1, 0.15) is 66.2 Å². The minimum Gasteiger partial charge on any atom is -0.305 e. The Morgan fingerprint density at radius 1 is 0.594 bits per heavy atom. The summed E-state index contributed by atoms with van der Waals surface area (Å²) in [5.74, 6) is 0. The summed E-state index contributed by atoms with van der Waals surface area (Å²) in [6.45, 7) is 5.86. The van der Waals surface area contributed by atoms with Gasteiger partial charge >= 0.3 is 26.5 Å². The zero-order valence-corrected chi connectivity index (χ0v) is 24.1. The predicted molar refractivity (Wildman–Crippen MR) is 127 cm³/mol. The van der Waals surface area contributed by atoms with Crippen LogP contribution in [0.3, 0.4) is 0 Å². The fraction of sp³-hybridized carbons (Fsp3) is 1.00. The van der Waals surface area contributed by atoms with Gasteiger partial charge in [0.2, 0.25) is 0 Å². The number of hydrogen-bond acceptors (Lipinski definition) is 6. The molecule has 0 amide bonds. The van der Waals surface area contributed by atoms with Gasteiger partial charge in [0.05, 0.1) is 26.4 Å². The fourth-order valence-corrected chi connectivity index (χ4v) is 6.19. The molecule has 0 unspecified atom stereocenters. The highest BCUT2D eigenvalue weighted by Gasteiger charge is 2.53. The Kier molecular flexibility index (Phi) is 20.1. The molecule has 196 valence electrons. The van der Waals surface area contributed by atoms with Gasteiger partial charge in [-0.25, -0.2) is 0 Å². The highest BCUT2D eigenvalue weighted by Crippen LogP contribution is 2.64. The van der Waals surface area contributed by atoms with E-state index in [1.165, 1.54) is 27.7 Å². The van der Waals surface area contributed by atoms with Crippen molar-refractivity contribution in [2.24, 2.45) is 0 Å². The summed E-state index contributed by atoms with van der Waals surface area (Å²) in [4.78, 5) is 0. The first kappa shape index (κ1) is 35.1. The minimum atomic E-state index is -4.31. The van der Waals surface area contributed by atoms with Gasteiger partial charge in [-0.15, -0.1) is 0 Å². The van der Waals surface area contributed by atoms with Crippen LogP contribution in [0.25, 0.3) is 0 Å². The van der Waals surface area contributed by atoms with E-state index in [4.69, 9.17) is 0 Å². The number of rotatable bonds is 18. The maximum atomic E-state index is 13.6. The van der Waals surface area contributed by atoms with Gasteiger partial charge in [-0.05, 0) is 53.4 Å².